The molecule has 1 saturated heterocycles. The highest BCUT2D eigenvalue weighted by Gasteiger charge is 2.28. The molecule has 4 rings (SSSR count). The van der Waals surface area contributed by atoms with E-state index in [-0.39, 0.29) is 22.9 Å². The van der Waals surface area contributed by atoms with Gasteiger partial charge < -0.3 is 25.5 Å². The highest BCUT2D eigenvalue weighted by molar-refractivity contribution is 6.14. The van der Waals surface area contributed by atoms with Gasteiger partial charge in [0.1, 0.15) is 17.0 Å². The zero-order valence-corrected chi connectivity index (χ0v) is 18.5. The first kappa shape index (κ1) is 22.8. The monoisotopic (exact) mass is 454 g/mol. The Morgan fingerprint density at radius 1 is 1.33 bits per heavy atom. The van der Waals surface area contributed by atoms with Gasteiger partial charge in [-0.1, -0.05) is 0 Å². The van der Waals surface area contributed by atoms with Crippen LogP contribution in [0.25, 0.3) is 11.2 Å². The summed E-state index contributed by atoms with van der Waals surface area (Å²) >= 11 is 0. The summed E-state index contributed by atoms with van der Waals surface area (Å²) < 4.78 is 18.9. The predicted octanol–water partition coefficient (Wildman–Crippen LogP) is 2.46. The van der Waals surface area contributed by atoms with Crippen molar-refractivity contribution in [3.05, 3.63) is 53.2 Å². The Morgan fingerprint density at radius 3 is 2.82 bits per heavy atom. The molecule has 0 spiro atoms. The van der Waals surface area contributed by atoms with Crippen LogP contribution in [0.5, 0.6) is 0 Å². The fourth-order valence-electron chi connectivity index (χ4n) is 4.10. The number of carbonyl (C=O) groups is 1. The van der Waals surface area contributed by atoms with E-state index < -0.39 is 23.9 Å². The van der Waals surface area contributed by atoms with Crippen LogP contribution in [0.15, 0.2) is 30.6 Å². The molecule has 1 amide bonds. The first-order valence-corrected chi connectivity index (χ1v) is 10.9. The number of ether oxygens (including phenoxy) is 1. The molecule has 1 unspecified atom stereocenters. The van der Waals surface area contributed by atoms with Crippen LogP contribution in [0.4, 0.5) is 10.1 Å². The number of nitrogens with one attached hydrogen (secondary N) is 4. The molecule has 0 saturated carbocycles. The van der Waals surface area contributed by atoms with E-state index in [0.29, 0.717) is 35.6 Å². The number of rotatable bonds is 7. The molecular formula is C23H27FN6O3. The van der Waals surface area contributed by atoms with Crippen LogP contribution < -0.4 is 10.6 Å². The van der Waals surface area contributed by atoms with Crippen molar-refractivity contribution in [3.8, 4) is 0 Å². The highest BCUT2D eigenvalue weighted by atomic mass is 19.1. The Balaban J connectivity index is 1.56. The average Bonchev–Trinajstić information content (AvgIpc) is 3.27. The van der Waals surface area contributed by atoms with Crippen molar-refractivity contribution in [2.75, 3.05) is 25.6 Å². The second-order valence-corrected chi connectivity index (χ2v) is 8.17. The lowest BCUT2D eigenvalue weighted by Crippen LogP contribution is -2.45. The number of halogens is 1. The molecule has 1 aliphatic heterocycles. The molecule has 0 radical (unpaired) electrons. The summed E-state index contributed by atoms with van der Waals surface area (Å²) in [6.45, 7) is 2.99. The number of aromatic amines is 1. The van der Waals surface area contributed by atoms with Crippen molar-refractivity contribution in [2.45, 2.75) is 31.9 Å². The third-order valence-electron chi connectivity index (χ3n) is 6.02. The summed E-state index contributed by atoms with van der Waals surface area (Å²) in [6, 6.07) is 3.62. The number of amides is 1. The Kier molecular flexibility index (Phi) is 6.66. The second kappa shape index (κ2) is 9.63. The zero-order chi connectivity index (χ0) is 23.5. The maximum Gasteiger partial charge on any atom is 0.255 e. The topological polar surface area (TPSA) is 136 Å². The van der Waals surface area contributed by atoms with Crippen molar-refractivity contribution >= 4 is 28.5 Å². The van der Waals surface area contributed by atoms with Gasteiger partial charge in [0.25, 0.3) is 5.91 Å². The lowest BCUT2D eigenvalue weighted by molar-refractivity contribution is -0.00424. The molecule has 2 aromatic heterocycles. The minimum absolute atomic E-state index is 0.0459. The normalized spacial score (nSPS) is 16.4. The second-order valence-electron chi connectivity index (χ2n) is 8.17. The maximum atomic E-state index is 13.6. The lowest BCUT2D eigenvalue weighted by atomic mass is 9.90. The van der Waals surface area contributed by atoms with Gasteiger partial charge in [-0.15, -0.1) is 0 Å². The Bertz CT molecular complexity index is 1170. The van der Waals surface area contributed by atoms with Gasteiger partial charge in [0.05, 0.1) is 29.6 Å². The summed E-state index contributed by atoms with van der Waals surface area (Å²) in [4.78, 5) is 24.7. The molecule has 3 aromatic rings. The van der Waals surface area contributed by atoms with Gasteiger partial charge in [0.2, 0.25) is 0 Å². The van der Waals surface area contributed by atoms with Gasteiger partial charge in [-0.05, 0) is 43.9 Å². The van der Waals surface area contributed by atoms with Crippen molar-refractivity contribution in [1.29, 1.82) is 5.41 Å². The van der Waals surface area contributed by atoms with Crippen LogP contribution in [-0.4, -0.2) is 64.1 Å². The summed E-state index contributed by atoms with van der Waals surface area (Å²) in [7, 11) is 1.64. The average molecular weight is 455 g/mol. The minimum atomic E-state index is -0.684. The van der Waals surface area contributed by atoms with E-state index in [1.807, 2.05) is 0 Å². The molecule has 174 valence electrons. The summed E-state index contributed by atoms with van der Waals surface area (Å²) in [5.74, 6) is -0.740. The number of fused-ring (bicyclic) bond motifs is 1. The number of nitrogens with zero attached hydrogens (tertiary/aromatic N) is 2. The number of anilines is 1. The van der Waals surface area contributed by atoms with E-state index in [4.69, 9.17) is 10.1 Å². The highest BCUT2D eigenvalue weighted by Crippen LogP contribution is 2.23. The molecule has 0 bridgehead atoms. The standard InChI is InChI=1S/C23H27FN6O3/c1-12(21(31)13-5-7-33-8-6-13)29-23(32)16-10-27-22-20(16)30-18(11-28-22)19(25)15-4-3-14(24)9-17(15)26-2/h3-4,9-13,21,25-26,31H,5-8H2,1-2H3,(H,27,28)(H,29,32)/t12-,21?/m1/s1. The number of aliphatic hydroxyl groups excluding tert-OH is 1. The number of benzene rings is 1. The van der Waals surface area contributed by atoms with Gasteiger partial charge in [-0.2, -0.15) is 0 Å². The largest absolute Gasteiger partial charge is 0.391 e. The molecule has 2 atom stereocenters. The molecule has 1 aromatic carbocycles. The first-order chi connectivity index (χ1) is 15.9. The number of H-pyrrole nitrogens is 1. The van der Waals surface area contributed by atoms with E-state index in [0.717, 1.165) is 12.8 Å². The van der Waals surface area contributed by atoms with Crippen LogP contribution >= 0.6 is 0 Å². The van der Waals surface area contributed by atoms with Crippen LogP contribution in [0.2, 0.25) is 0 Å². The van der Waals surface area contributed by atoms with E-state index in [1.165, 1.54) is 30.6 Å². The molecule has 1 fully saturated rings. The van der Waals surface area contributed by atoms with Gasteiger partial charge >= 0.3 is 0 Å². The van der Waals surface area contributed by atoms with Crippen LogP contribution in [-0.2, 0) is 4.74 Å². The Hall–Kier alpha value is -3.37. The molecule has 5 N–H and O–H groups in total. The van der Waals surface area contributed by atoms with Crippen LogP contribution in [0.1, 0.15) is 41.4 Å². The van der Waals surface area contributed by atoms with Crippen LogP contribution in [0.3, 0.4) is 0 Å². The van der Waals surface area contributed by atoms with Crippen molar-refractivity contribution in [2.24, 2.45) is 5.92 Å². The van der Waals surface area contributed by atoms with E-state index in [9.17, 15) is 14.3 Å². The third kappa shape index (κ3) is 4.71. The molecule has 1 aliphatic rings. The predicted molar refractivity (Wildman–Crippen MR) is 122 cm³/mol. The SMILES string of the molecule is CNc1cc(F)ccc1C(=N)c1cnc2[nH]cc(C(=O)N[C@H](C)C(O)C3CCOCC3)c2n1. The van der Waals surface area contributed by atoms with Gasteiger partial charge in [0, 0.05) is 37.7 Å². The number of aromatic nitrogens is 3. The Morgan fingerprint density at radius 2 is 2.09 bits per heavy atom. The number of hydrogen-bond donors (Lipinski definition) is 5. The van der Waals surface area contributed by atoms with Gasteiger partial charge in [-0.25, -0.2) is 14.4 Å². The Labute approximate surface area is 190 Å². The molecule has 0 aliphatic carbocycles. The molecule has 33 heavy (non-hydrogen) atoms. The fourth-order valence-corrected chi connectivity index (χ4v) is 4.10. The van der Waals surface area contributed by atoms with Crippen LogP contribution in [0, 0.1) is 17.1 Å². The quantitative estimate of drug-likeness (QED) is 0.348. The third-order valence-corrected chi connectivity index (χ3v) is 6.02. The number of carbonyl (C=O) groups excluding carboxylic acids is 1. The zero-order valence-electron chi connectivity index (χ0n) is 18.5. The molecule has 9 nitrogen and oxygen atoms in total. The number of hydrogen-bond acceptors (Lipinski definition) is 7. The molecule has 3 heterocycles. The number of aliphatic hydroxyl groups is 1. The lowest BCUT2D eigenvalue weighted by Gasteiger charge is -2.30. The van der Waals surface area contributed by atoms with Gasteiger partial charge in [0.15, 0.2) is 5.65 Å². The van der Waals surface area contributed by atoms with E-state index in [1.54, 1.807) is 14.0 Å². The van der Waals surface area contributed by atoms with E-state index in [2.05, 4.69) is 25.6 Å². The van der Waals surface area contributed by atoms with Crippen molar-refractivity contribution < 1.29 is 19.0 Å². The van der Waals surface area contributed by atoms with Crippen molar-refractivity contribution in [3.63, 3.8) is 0 Å². The molecular weight excluding hydrogens is 427 g/mol. The summed E-state index contributed by atoms with van der Waals surface area (Å²) in [5, 5.41) is 24.9. The fraction of sp³-hybridized carbons (Fsp3) is 0.391. The van der Waals surface area contributed by atoms with Gasteiger partial charge in [-0.3, -0.25) is 10.2 Å². The first-order valence-electron chi connectivity index (χ1n) is 10.9. The summed E-state index contributed by atoms with van der Waals surface area (Å²) in [5.41, 5.74) is 2.19. The van der Waals surface area contributed by atoms with E-state index >= 15 is 0 Å². The minimum Gasteiger partial charge on any atom is -0.391 e. The summed E-state index contributed by atoms with van der Waals surface area (Å²) in [6.07, 6.45) is 3.77. The smallest absolute Gasteiger partial charge is 0.255 e. The maximum absolute atomic E-state index is 13.6. The van der Waals surface area contributed by atoms with Crippen molar-refractivity contribution in [1.82, 2.24) is 20.3 Å². The molecule has 10 heteroatoms.